The van der Waals surface area contributed by atoms with Gasteiger partial charge in [-0.25, -0.2) is 0 Å². The lowest BCUT2D eigenvalue weighted by Crippen LogP contribution is -2.24. The van der Waals surface area contributed by atoms with Crippen molar-refractivity contribution in [2.75, 3.05) is 9.80 Å². The van der Waals surface area contributed by atoms with E-state index in [1.54, 1.807) is 0 Å². The summed E-state index contributed by atoms with van der Waals surface area (Å²) in [5.74, 6) is 0. The second-order valence-electron chi connectivity index (χ2n) is 8.71. The van der Waals surface area contributed by atoms with Gasteiger partial charge in [0.1, 0.15) is 0 Å². The van der Waals surface area contributed by atoms with Crippen molar-refractivity contribution in [1.29, 1.82) is 0 Å². The smallest absolute Gasteiger partial charge is 0.197 e. The Hall–Kier alpha value is -4.83. The van der Waals surface area contributed by atoms with Crippen LogP contribution >= 0.6 is 0 Å². The maximum absolute atomic E-state index is 13.4. The molecule has 166 valence electrons. The fraction of sp³-hybridized carbons (Fsp3) is 0. The lowest BCUT2D eigenvalue weighted by atomic mass is 10.0. The first-order valence-corrected chi connectivity index (χ1v) is 11.7. The molecule has 0 radical (unpaired) electrons. The van der Waals surface area contributed by atoms with Crippen LogP contribution in [0.25, 0.3) is 21.8 Å². The molecule has 4 nitrogen and oxygen atoms in total. The summed E-state index contributed by atoms with van der Waals surface area (Å²) in [7, 11) is 0. The number of nitrogens with one attached hydrogen (secondary N) is 1. The van der Waals surface area contributed by atoms with E-state index in [-0.39, 0.29) is 5.43 Å². The molecule has 0 saturated carbocycles. The SMILES string of the molecule is O=c1c2ccccc2[nH]c2ccc(N3c4ccccc4N(c4ccccc4)c4ccccc43)cc12. The van der Waals surface area contributed by atoms with E-state index in [1.165, 1.54) is 0 Å². The van der Waals surface area contributed by atoms with E-state index in [4.69, 9.17) is 0 Å². The van der Waals surface area contributed by atoms with Crippen LogP contribution in [0.2, 0.25) is 0 Å². The molecule has 4 heteroatoms. The summed E-state index contributed by atoms with van der Waals surface area (Å²) in [6.07, 6.45) is 0. The molecule has 6 aromatic rings. The highest BCUT2D eigenvalue weighted by atomic mass is 16.1. The molecule has 1 aliphatic heterocycles. The molecule has 5 aromatic carbocycles. The third kappa shape index (κ3) is 2.97. The average Bonchev–Trinajstić information content (AvgIpc) is 2.92. The van der Waals surface area contributed by atoms with Crippen LogP contribution in [0.5, 0.6) is 0 Å². The Labute approximate surface area is 202 Å². The summed E-state index contributed by atoms with van der Waals surface area (Å²) in [6, 6.07) is 41.0. The number of aromatic amines is 1. The topological polar surface area (TPSA) is 39.3 Å². The van der Waals surface area contributed by atoms with Crippen LogP contribution in [0.3, 0.4) is 0 Å². The largest absolute Gasteiger partial charge is 0.354 e. The second kappa shape index (κ2) is 7.61. The van der Waals surface area contributed by atoms with Gasteiger partial charge in [0.15, 0.2) is 5.43 Å². The van der Waals surface area contributed by atoms with Crippen LogP contribution in [0.4, 0.5) is 34.1 Å². The van der Waals surface area contributed by atoms with E-state index in [0.717, 1.165) is 45.2 Å². The van der Waals surface area contributed by atoms with Gasteiger partial charge < -0.3 is 14.8 Å². The molecule has 0 amide bonds. The summed E-state index contributed by atoms with van der Waals surface area (Å²) >= 11 is 0. The Morgan fingerprint density at radius 3 is 1.63 bits per heavy atom. The minimum atomic E-state index is 0.0423. The Kier molecular flexibility index (Phi) is 4.26. The molecule has 1 aliphatic rings. The highest BCUT2D eigenvalue weighted by Crippen LogP contribution is 2.53. The summed E-state index contributed by atoms with van der Waals surface area (Å²) in [5.41, 5.74) is 8.08. The van der Waals surface area contributed by atoms with E-state index in [9.17, 15) is 4.79 Å². The van der Waals surface area contributed by atoms with Crippen molar-refractivity contribution in [2.45, 2.75) is 0 Å². The molecule has 0 bridgehead atoms. The first kappa shape index (κ1) is 19.6. The van der Waals surface area contributed by atoms with Gasteiger partial charge in [0, 0.05) is 33.2 Å². The Bertz CT molecular complexity index is 1740. The van der Waals surface area contributed by atoms with E-state index in [0.29, 0.717) is 10.8 Å². The van der Waals surface area contributed by atoms with E-state index in [2.05, 4.69) is 93.6 Å². The number of nitrogens with zero attached hydrogens (tertiary/aromatic N) is 2. The van der Waals surface area contributed by atoms with Crippen LogP contribution < -0.4 is 15.2 Å². The number of fused-ring (bicyclic) bond motifs is 4. The molecule has 0 atom stereocenters. The van der Waals surface area contributed by atoms with E-state index in [1.807, 2.05) is 42.5 Å². The minimum Gasteiger partial charge on any atom is -0.354 e. The Balaban J connectivity index is 1.49. The third-order valence-corrected chi connectivity index (χ3v) is 6.69. The van der Waals surface area contributed by atoms with Gasteiger partial charge in [0.25, 0.3) is 0 Å². The van der Waals surface area contributed by atoms with Crippen molar-refractivity contribution in [3.05, 3.63) is 132 Å². The average molecular weight is 452 g/mol. The number of H-pyrrole nitrogens is 1. The standard InChI is InChI=1S/C31H21N3O/c35-31-23-12-4-5-13-25(23)32-26-19-18-22(20-24(26)31)34-29-16-8-6-14-27(29)33(21-10-2-1-3-11-21)28-15-7-9-17-30(28)34/h1-20H,(H,32,35). The van der Waals surface area contributed by atoms with Gasteiger partial charge in [-0.1, -0.05) is 54.6 Å². The maximum Gasteiger partial charge on any atom is 0.197 e. The number of benzene rings is 5. The quantitative estimate of drug-likeness (QED) is 0.271. The first-order chi connectivity index (χ1) is 17.3. The summed E-state index contributed by atoms with van der Waals surface area (Å²) in [5, 5.41) is 1.38. The zero-order chi connectivity index (χ0) is 23.4. The third-order valence-electron chi connectivity index (χ3n) is 6.69. The number of para-hydroxylation sites is 6. The van der Waals surface area contributed by atoms with Gasteiger partial charge in [-0.3, -0.25) is 4.79 Å². The van der Waals surface area contributed by atoms with Gasteiger partial charge >= 0.3 is 0 Å². The van der Waals surface area contributed by atoms with Crippen molar-refractivity contribution < 1.29 is 0 Å². The van der Waals surface area contributed by atoms with E-state index >= 15 is 0 Å². The van der Waals surface area contributed by atoms with Crippen molar-refractivity contribution >= 4 is 55.9 Å². The first-order valence-electron chi connectivity index (χ1n) is 11.7. The molecule has 0 saturated heterocycles. The van der Waals surface area contributed by atoms with Gasteiger partial charge in [0.05, 0.1) is 22.7 Å². The minimum absolute atomic E-state index is 0.0423. The highest BCUT2D eigenvalue weighted by molar-refractivity contribution is 6.03. The van der Waals surface area contributed by atoms with Gasteiger partial charge in [-0.15, -0.1) is 0 Å². The Morgan fingerprint density at radius 1 is 0.457 bits per heavy atom. The number of rotatable bonds is 2. The molecule has 2 heterocycles. The molecular weight excluding hydrogens is 430 g/mol. The molecule has 1 aromatic heterocycles. The number of anilines is 6. The zero-order valence-corrected chi connectivity index (χ0v) is 18.8. The molecule has 35 heavy (non-hydrogen) atoms. The molecule has 0 fully saturated rings. The van der Waals surface area contributed by atoms with Crippen LogP contribution in [0, 0.1) is 0 Å². The summed E-state index contributed by atoms with van der Waals surface area (Å²) < 4.78 is 0. The second-order valence-corrected chi connectivity index (χ2v) is 8.71. The van der Waals surface area contributed by atoms with Crippen molar-refractivity contribution in [3.8, 4) is 0 Å². The maximum atomic E-state index is 13.4. The predicted octanol–water partition coefficient (Wildman–Crippen LogP) is 7.93. The van der Waals surface area contributed by atoms with E-state index < -0.39 is 0 Å². The van der Waals surface area contributed by atoms with Crippen LogP contribution in [0.1, 0.15) is 0 Å². The van der Waals surface area contributed by atoms with Crippen molar-refractivity contribution in [3.63, 3.8) is 0 Å². The fourth-order valence-corrected chi connectivity index (χ4v) is 5.13. The van der Waals surface area contributed by atoms with Crippen molar-refractivity contribution in [1.82, 2.24) is 4.98 Å². The fourth-order valence-electron chi connectivity index (χ4n) is 5.13. The van der Waals surface area contributed by atoms with Crippen LogP contribution in [-0.4, -0.2) is 4.98 Å². The molecule has 1 N–H and O–H groups in total. The van der Waals surface area contributed by atoms with Gasteiger partial charge in [0.2, 0.25) is 0 Å². The predicted molar refractivity (Wildman–Crippen MR) is 145 cm³/mol. The number of aromatic nitrogens is 1. The normalized spacial score (nSPS) is 12.6. The number of hydrogen-bond donors (Lipinski definition) is 1. The summed E-state index contributed by atoms with van der Waals surface area (Å²) in [4.78, 5) is 21.4. The number of pyridine rings is 1. The highest BCUT2D eigenvalue weighted by Gasteiger charge is 2.30. The molecule has 0 aliphatic carbocycles. The lowest BCUT2D eigenvalue weighted by Gasteiger charge is -2.40. The molecule has 7 rings (SSSR count). The van der Waals surface area contributed by atoms with Crippen molar-refractivity contribution in [2.24, 2.45) is 0 Å². The van der Waals surface area contributed by atoms with Gasteiger partial charge in [-0.2, -0.15) is 0 Å². The van der Waals surface area contributed by atoms with Gasteiger partial charge in [-0.05, 0) is 66.7 Å². The van der Waals surface area contributed by atoms with Crippen LogP contribution in [0.15, 0.2) is 126 Å². The van der Waals surface area contributed by atoms with Crippen LogP contribution in [-0.2, 0) is 0 Å². The zero-order valence-electron chi connectivity index (χ0n) is 18.8. The summed E-state index contributed by atoms with van der Waals surface area (Å²) in [6.45, 7) is 0. The molecular formula is C31H21N3O. The monoisotopic (exact) mass is 451 g/mol. The Morgan fingerprint density at radius 2 is 0.971 bits per heavy atom. The lowest BCUT2D eigenvalue weighted by molar-refractivity contribution is 1.17. The molecule has 0 spiro atoms. The molecule has 0 unspecified atom stereocenters. The number of hydrogen-bond acceptors (Lipinski definition) is 3.